The zero-order valence-electron chi connectivity index (χ0n) is 13.7. The molecule has 0 saturated carbocycles. The van der Waals surface area contributed by atoms with Crippen LogP contribution >= 0.6 is 0 Å². The zero-order valence-corrected chi connectivity index (χ0v) is 13.7. The van der Waals surface area contributed by atoms with E-state index in [1.165, 1.54) is 32.1 Å². The van der Waals surface area contributed by atoms with E-state index in [9.17, 15) is 19.5 Å². The number of ether oxygens (including phenoxy) is 1. The first-order valence-corrected chi connectivity index (χ1v) is 7.43. The van der Waals surface area contributed by atoms with Crippen LogP contribution in [0.25, 0.3) is 0 Å². The Hall–Kier alpha value is -2.73. The SMILES string of the molecule is CC(=O)Nc1ccc(OC(=O)C2C=CC=C(C)C2(O)C(C)=O)cc1. The molecule has 1 aromatic rings. The Bertz CT molecular complexity index is 732. The van der Waals surface area contributed by atoms with E-state index in [0.717, 1.165) is 0 Å². The molecule has 0 aliphatic heterocycles. The maximum atomic E-state index is 12.4. The van der Waals surface area contributed by atoms with Gasteiger partial charge in [-0.2, -0.15) is 0 Å². The molecule has 1 amide bonds. The molecule has 126 valence electrons. The second-order valence-corrected chi connectivity index (χ2v) is 5.66. The Labute approximate surface area is 139 Å². The first-order valence-electron chi connectivity index (χ1n) is 7.43. The largest absolute Gasteiger partial charge is 0.426 e. The van der Waals surface area contributed by atoms with E-state index in [-0.39, 0.29) is 11.7 Å². The van der Waals surface area contributed by atoms with Crippen molar-refractivity contribution < 1.29 is 24.2 Å². The normalized spacial score (nSPS) is 22.5. The van der Waals surface area contributed by atoms with Crippen molar-refractivity contribution in [1.29, 1.82) is 0 Å². The molecule has 1 aliphatic carbocycles. The van der Waals surface area contributed by atoms with Crippen LogP contribution in [0.3, 0.4) is 0 Å². The van der Waals surface area contributed by atoms with E-state index < -0.39 is 23.3 Å². The van der Waals surface area contributed by atoms with Gasteiger partial charge in [0.15, 0.2) is 11.4 Å². The van der Waals surface area contributed by atoms with Gasteiger partial charge >= 0.3 is 5.97 Å². The number of aliphatic hydroxyl groups is 1. The minimum atomic E-state index is -1.90. The predicted octanol–water partition coefficient (Wildman–Crippen LogP) is 2.00. The number of hydrogen-bond acceptors (Lipinski definition) is 5. The second kappa shape index (κ2) is 6.80. The summed E-state index contributed by atoms with van der Waals surface area (Å²) in [5.41, 5.74) is -0.943. The molecule has 0 radical (unpaired) electrons. The van der Waals surface area contributed by atoms with Crippen LogP contribution in [-0.4, -0.2) is 28.4 Å². The molecule has 6 nitrogen and oxygen atoms in total. The van der Waals surface area contributed by atoms with Gasteiger partial charge in [0.05, 0.1) is 0 Å². The quantitative estimate of drug-likeness (QED) is 0.651. The lowest BCUT2D eigenvalue weighted by atomic mass is 9.76. The van der Waals surface area contributed by atoms with Crippen LogP contribution in [0.15, 0.2) is 48.1 Å². The molecular weight excluding hydrogens is 310 g/mol. The van der Waals surface area contributed by atoms with Crippen LogP contribution in [0, 0.1) is 5.92 Å². The fourth-order valence-electron chi connectivity index (χ4n) is 2.56. The summed E-state index contributed by atoms with van der Waals surface area (Å²) in [7, 11) is 0. The summed E-state index contributed by atoms with van der Waals surface area (Å²) < 4.78 is 5.27. The molecule has 2 N–H and O–H groups in total. The summed E-state index contributed by atoms with van der Waals surface area (Å²) in [4.78, 5) is 35.3. The number of allylic oxidation sites excluding steroid dienone is 2. The summed E-state index contributed by atoms with van der Waals surface area (Å²) >= 11 is 0. The van der Waals surface area contributed by atoms with Gasteiger partial charge in [-0.3, -0.25) is 14.4 Å². The lowest BCUT2D eigenvalue weighted by Crippen LogP contribution is -2.50. The predicted molar refractivity (Wildman–Crippen MR) is 88.4 cm³/mol. The molecule has 2 unspecified atom stereocenters. The van der Waals surface area contributed by atoms with E-state index in [2.05, 4.69) is 5.32 Å². The summed E-state index contributed by atoms with van der Waals surface area (Å²) in [6, 6.07) is 6.21. The highest BCUT2D eigenvalue weighted by molar-refractivity contribution is 5.96. The van der Waals surface area contributed by atoms with Crippen molar-refractivity contribution in [2.24, 2.45) is 5.92 Å². The van der Waals surface area contributed by atoms with E-state index in [1.807, 2.05) is 0 Å². The minimum Gasteiger partial charge on any atom is -0.426 e. The monoisotopic (exact) mass is 329 g/mol. The minimum absolute atomic E-state index is 0.208. The van der Waals surface area contributed by atoms with Crippen LogP contribution in [0.1, 0.15) is 20.8 Å². The van der Waals surface area contributed by atoms with Gasteiger partial charge < -0.3 is 15.2 Å². The Balaban J connectivity index is 2.17. The van der Waals surface area contributed by atoms with Crippen molar-refractivity contribution in [3.63, 3.8) is 0 Å². The van der Waals surface area contributed by atoms with Crippen molar-refractivity contribution in [2.75, 3.05) is 5.32 Å². The van der Waals surface area contributed by atoms with E-state index >= 15 is 0 Å². The highest BCUT2D eigenvalue weighted by atomic mass is 16.5. The van der Waals surface area contributed by atoms with Gasteiger partial charge in [0.2, 0.25) is 5.91 Å². The number of carbonyl (C=O) groups is 3. The van der Waals surface area contributed by atoms with Crippen LogP contribution < -0.4 is 10.1 Å². The fourth-order valence-corrected chi connectivity index (χ4v) is 2.56. The maximum absolute atomic E-state index is 12.4. The fraction of sp³-hybridized carbons (Fsp3) is 0.278. The van der Waals surface area contributed by atoms with Crippen molar-refractivity contribution in [1.82, 2.24) is 0 Å². The second-order valence-electron chi connectivity index (χ2n) is 5.66. The lowest BCUT2D eigenvalue weighted by molar-refractivity contribution is -0.151. The highest BCUT2D eigenvalue weighted by Crippen LogP contribution is 2.33. The van der Waals surface area contributed by atoms with E-state index in [1.54, 1.807) is 31.2 Å². The number of rotatable bonds is 4. The third-order valence-electron chi connectivity index (χ3n) is 3.88. The van der Waals surface area contributed by atoms with Crippen molar-refractivity contribution in [3.05, 3.63) is 48.1 Å². The van der Waals surface area contributed by atoms with Gasteiger partial charge in [-0.15, -0.1) is 0 Å². The molecule has 6 heteroatoms. The van der Waals surface area contributed by atoms with E-state index in [4.69, 9.17) is 4.74 Å². The molecule has 0 bridgehead atoms. The molecule has 24 heavy (non-hydrogen) atoms. The molecule has 0 fully saturated rings. The van der Waals surface area contributed by atoms with Gasteiger partial charge in [0.1, 0.15) is 11.7 Å². The van der Waals surface area contributed by atoms with Crippen LogP contribution in [0.2, 0.25) is 0 Å². The Morgan fingerprint density at radius 1 is 1.17 bits per heavy atom. The number of esters is 1. The number of Topliss-reactive ketones (excluding diaryl/α,β-unsaturated/α-hetero) is 1. The Morgan fingerprint density at radius 3 is 2.33 bits per heavy atom. The summed E-state index contributed by atoms with van der Waals surface area (Å²) in [5.74, 6) is -2.33. The third kappa shape index (κ3) is 3.44. The summed E-state index contributed by atoms with van der Waals surface area (Å²) in [6.45, 7) is 4.22. The Morgan fingerprint density at radius 2 is 1.79 bits per heavy atom. The molecule has 1 aliphatic rings. The van der Waals surface area contributed by atoms with Gasteiger partial charge in [-0.1, -0.05) is 18.2 Å². The molecular formula is C18H19NO5. The van der Waals surface area contributed by atoms with Gasteiger partial charge in [0, 0.05) is 12.6 Å². The number of carbonyl (C=O) groups excluding carboxylic acids is 3. The first kappa shape index (κ1) is 17.6. The van der Waals surface area contributed by atoms with Crippen LogP contribution in [0.4, 0.5) is 5.69 Å². The molecule has 0 heterocycles. The average molecular weight is 329 g/mol. The number of ketones is 1. The maximum Gasteiger partial charge on any atom is 0.321 e. The molecule has 0 spiro atoms. The van der Waals surface area contributed by atoms with Gasteiger partial charge in [-0.25, -0.2) is 0 Å². The summed E-state index contributed by atoms with van der Waals surface area (Å²) in [5, 5.41) is 13.3. The number of anilines is 1. The molecule has 2 atom stereocenters. The molecule has 0 aromatic heterocycles. The molecule has 2 rings (SSSR count). The zero-order chi connectivity index (χ0) is 17.9. The average Bonchev–Trinajstić information content (AvgIpc) is 2.51. The molecule has 0 saturated heterocycles. The van der Waals surface area contributed by atoms with Gasteiger partial charge in [0.25, 0.3) is 0 Å². The smallest absolute Gasteiger partial charge is 0.321 e. The Kier molecular flexibility index (Phi) is 4.99. The number of nitrogens with one attached hydrogen (secondary N) is 1. The first-order chi connectivity index (χ1) is 11.2. The summed E-state index contributed by atoms with van der Waals surface area (Å²) in [6.07, 6.45) is 4.65. The van der Waals surface area contributed by atoms with Crippen LogP contribution in [0.5, 0.6) is 5.75 Å². The van der Waals surface area contributed by atoms with Crippen molar-refractivity contribution in [3.8, 4) is 5.75 Å². The number of benzene rings is 1. The van der Waals surface area contributed by atoms with E-state index in [0.29, 0.717) is 11.3 Å². The standard InChI is InChI=1S/C18H19NO5/c1-11-5-4-6-16(18(11,23)12(2)20)17(22)24-15-9-7-14(8-10-15)19-13(3)21/h4-10,16,23H,1-3H3,(H,19,21). The third-order valence-corrected chi connectivity index (χ3v) is 3.88. The van der Waals surface area contributed by atoms with Crippen molar-refractivity contribution in [2.45, 2.75) is 26.4 Å². The van der Waals surface area contributed by atoms with Gasteiger partial charge in [-0.05, 0) is 43.7 Å². The lowest BCUT2D eigenvalue weighted by Gasteiger charge is -2.33. The van der Waals surface area contributed by atoms with Crippen molar-refractivity contribution >= 4 is 23.3 Å². The number of hydrogen-bond donors (Lipinski definition) is 2. The number of amides is 1. The van der Waals surface area contributed by atoms with Crippen LogP contribution in [-0.2, 0) is 14.4 Å². The molecule has 1 aromatic carbocycles. The highest BCUT2D eigenvalue weighted by Gasteiger charge is 2.47. The topological polar surface area (TPSA) is 92.7 Å².